The lowest BCUT2D eigenvalue weighted by Crippen LogP contribution is -2.38. The van der Waals surface area contributed by atoms with Crippen LogP contribution in [0.4, 0.5) is 10.6 Å². The Morgan fingerprint density at radius 2 is 2.00 bits per heavy atom. The molecule has 0 N–H and O–H groups in total. The Kier molecular flexibility index (Phi) is 4.29. The van der Waals surface area contributed by atoms with Crippen LogP contribution < -0.4 is 4.90 Å². The van der Waals surface area contributed by atoms with E-state index >= 15 is 0 Å². The largest absolute Gasteiger partial charge is 0.447 e. The molecule has 2 fully saturated rings. The van der Waals surface area contributed by atoms with Crippen molar-refractivity contribution in [3.05, 3.63) is 18.1 Å². The molecule has 0 bridgehead atoms. The van der Waals surface area contributed by atoms with Crippen LogP contribution in [0.5, 0.6) is 0 Å². The zero-order valence-corrected chi connectivity index (χ0v) is 13.5. The number of anilines is 1. The van der Waals surface area contributed by atoms with Crippen LogP contribution in [0.2, 0.25) is 0 Å². The van der Waals surface area contributed by atoms with E-state index in [1.165, 1.54) is 0 Å². The second-order valence-corrected chi connectivity index (χ2v) is 6.64. The molecular formula is C16H24N4O2. The molecule has 22 heavy (non-hydrogen) atoms. The third-order valence-corrected chi connectivity index (χ3v) is 4.70. The standard InChI is InChI=1S/C16H24N4O2/c1-11(2)14-10-22-16(21)20(14)15-9-17-8-13(18-15)12-4-6-19(3)7-5-12/h8-9,11-12,14H,4-7,10H2,1-3H3. The van der Waals surface area contributed by atoms with Gasteiger partial charge in [0.05, 0.1) is 17.9 Å². The number of rotatable bonds is 3. The normalized spacial score (nSPS) is 24.1. The summed E-state index contributed by atoms with van der Waals surface area (Å²) in [5.41, 5.74) is 0.993. The van der Waals surface area contributed by atoms with Crippen molar-refractivity contribution in [2.24, 2.45) is 5.92 Å². The first-order valence-electron chi connectivity index (χ1n) is 8.02. The van der Waals surface area contributed by atoms with E-state index in [-0.39, 0.29) is 12.1 Å². The molecule has 3 heterocycles. The average molecular weight is 304 g/mol. The minimum atomic E-state index is -0.312. The summed E-state index contributed by atoms with van der Waals surface area (Å²) in [5, 5.41) is 0. The molecule has 2 aliphatic heterocycles. The smallest absolute Gasteiger partial charge is 0.415 e. The van der Waals surface area contributed by atoms with Crippen molar-refractivity contribution < 1.29 is 9.53 Å². The highest BCUT2D eigenvalue weighted by atomic mass is 16.6. The Bertz CT molecular complexity index is 541. The van der Waals surface area contributed by atoms with Gasteiger partial charge in [-0.15, -0.1) is 0 Å². The van der Waals surface area contributed by atoms with Gasteiger partial charge in [-0.1, -0.05) is 13.8 Å². The highest BCUT2D eigenvalue weighted by Gasteiger charge is 2.37. The Hall–Kier alpha value is -1.69. The minimum absolute atomic E-state index is 0.0366. The SMILES string of the molecule is CC(C)C1COC(=O)N1c1cncc(C2CCN(C)CC2)n1. The van der Waals surface area contributed by atoms with Gasteiger partial charge in [-0.3, -0.25) is 9.88 Å². The van der Waals surface area contributed by atoms with Crippen molar-refractivity contribution in [3.63, 3.8) is 0 Å². The molecule has 120 valence electrons. The molecule has 0 aromatic carbocycles. The number of nitrogens with zero attached hydrogens (tertiary/aromatic N) is 4. The van der Waals surface area contributed by atoms with Gasteiger partial charge in [0.1, 0.15) is 6.61 Å². The number of piperidine rings is 1. The van der Waals surface area contributed by atoms with Crippen LogP contribution >= 0.6 is 0 Å². The zero-order valence-electron chi connectivity index (χ0n) is 13.5. The highest BCUT2D eigenvalue weighted by Crippen LogP contribution is 2.29. The second kappa shape index (κ2) is 6.20. The molecule has 6 heteroatoms. The summed E-state index contributed by atoms with van der Waals surface area (Å²) in [5.74, 6) is 1.37. The van der Waals surface area contributed by atoms with Gasteiger partial charge in [0, 0.05) is 12.1 Å². The molecule has 0 saturated carbocycles. The number of cyclic esters (lactones) is 1. The molecular weight excluding hydrogens is 280 g/mol. The summed E-state index contributed by atoms with van der Waals surface area (Å²) in [6.07, 6.45) is 5.37. The van der Waals surface area contributed by atoms with Gasteiger partial charge in [0.25, 0.3) is 0 Å². The van der Waals surface area contributed by atoms with Crippen molar-refractivity contribution >= 4 is 11.9 Å². The molecule has 1 aromatic heterocycles. The summed E-state index contributed by atoms with van der Waals surface area (Å²) in [7, 11) is 2.14. The molecule has 6 nitrogen and oxygen atoms in total. The van der Waals surface area contributed by atoms with Crippen LogP contribution in [0.25, 0.3) is 0 Å². The van der Waals surface area contributed by atoms with Gasteiger partial charge in [-0.05, 0) is 38.9 Å². The fraction of sp³-hybridized carbons (Fsp3) is 0.688. The lowest BCUT2D eigenvalue weighted by molar-refractivity contribution is 0.177. The number of aromatic nitrogens is 2. The molecule has 2 saturated heterocycles. The van der Waals surface area contributed by atoms with Gasteiger partial charge in [-0.2, -0.15) is 0 Å². The van der Waals surface area contributed by atoms with E-state index in [4.69, 9.17) is 9.72 Å². The number of hydrogen-bond acceptors (Lipinski definition) is 5. The predicted molar refractivity (Wildman–Crippen MR) is 84.0 cm³/mol. The van der Waals surface area contributed by atoms with Crippen LogP contribution in [-0.2, 0) is 4.74 Å². The molecule has 0 spiro atoms. The molecule has 3 rings (SSSR count). The molecule has 2 aliphatic rings. The van der Waals surface area contributed by atoms with E-state index in [2.05, 4.69) is 30.8 Å². The topological polar surface area (TPSA) is 58.6 Å². The Morgan fingerprint density at radius 3 is 2.68 bits per heavy atom. The third-order valence-electron chi connectivity index (χ3n) is 4.70. The van der Waals surface area contributed by atoms with E-state index in [1.54, 1.807) is 11.1 Å². The maximum absolute atomic E-state index is 12.0. The van der Waals surface area contributed by atoms with Gasteiger partial charge in [0.15, 0.2) is 5.82 Å². The highest BCUT2D eigenvalue weighted by molar-refractivity contribution is 5.89. The second-order valence-electron chi connectivity index (χ2n) is 6.64. The molecule has 0 aliphatic carbocycles. The number of carbonyl (C=O) groups is 1. The van der Waals surface area contributed by atoms with E-state index in [1.807, 2.05) is 6.20 Å². The van der Waals surface area contributed by atoms with Crippen molar-refractivity contribution in [1.82, 2.24) is 14.9 Å². The van der Waals surface area contributed by atoms with E-state index in [0.717, 1.165) is 31.6 Å². The Balaban J connectivity index is 1.83. The van der Waals surface area contributed by atoms with Crippen LogP contribution in [0.3, 0.4) is 0 Å². The van der Waals surface area contributed by atoms with E-state index in [9.17, 15) is 4.79 Å². The number of likely N-dealkylation sites (tertiary alicyclic amines) is 1. The summed E-state index contributed by atoms with van der Waals surface area (Å²) in [6, 6.07) is 0.0366. The molecule has 1 atom stereocenters. The van der Waals surface area contributed by atoms with E-state index < -0.39 is 0 Å². The first kappa shape index (κ1) is 15.2. The Labute approximate surface area is 131 Å². The fourth-order valence-electron chi connectivity index (χ4n) is 3.18. The van der Waals surface area contributed by atoms with Crippen molar-refractivity contribution in [2.75, 3.05) is 31.6 Å². The summed E-state index contributed by atoms with van der Waals surface area (Å²) in [4.78, 5) is 25.1. The van der Waals surface area contributed by atoms with Crippen LogP contribution in [0.1, 0.15) is 38.3 Å². The van der Waals surface area contributed by atoms with Crippen LogP contribution in [-0.4, -0.2) is 53.7 Å². The lowest BCUT2D eigenvalue weighted by Gasteiger charge is -2.29. The average Bonchev–Trinajstić information content (AvgIpc) is 2.90. The lowest BCUT2D eigenvalue weighted by atomic mass is 9.94. The Morgan fingerprint density at radius 1 is 1.27 bits per heavy atom. The predicted octanol–water partition coefficient (Wildman–Crippen LogP) is 2.27. The number of amides is 1. The molecule has 1 unspecified atom stereocenters. The van der Waals surface area contributed by atoms with Gasteiger partial charge < -0.3 is 9.64 Å². The summed E-state index contributed by atoms with van der Waals surface area (Å²) in [6.45, 7) is 6.77. The van der Waals surface area contributed by atoms with Gasteiger partial charge in [0.2, 0.25) is 0 Å². The number of hydrogen-bond donors (Lipinski definition) is 0. The van der Waals surface area contributed by atoms with Gasteiger partial charge >= 0.3 is 6.09 Å². The van der Waals surface area contributed by atoms with Crippen molar-refractivity contribution in [2.45, 2.75) is 38.6 Å². The maximum Gasteiger partial charge on any atom is 0.415 e. The van der Waals surface area contributed by atoms with E-state index in [0.29, 0.717) is 24.3 Å². The monoisotopic (exact) mass is 304 g/mol. The fourth-order valence-corrected chi connectivity index (χ4v) is 3.18. The maximum atomic E-state index is 12.0. The first-order valence-corrected chi connectivity index (χ1v) is 8.02. The molecule has 1 amide bonds. The summed E-state index contributed by atoms with van der Waals surface area (Å²) < 4.78 is 5.21. The quantitative estimate of drug-likeness (QED) is 0.857. The van der Waals surface area contributed by atoms with Gasteiger partial charge in [-0.25, -0.2) is 9.78 Å². The number of ether oxygens (including phenoxy) is 1. The number of carbonyl (C=O) groups excluding carboxylic acids is 1. The zero-order chi connectivity index (χ0) is 15.7. The first-order chi connectivity index (χ1) is 10.6. The third kappa shape index (κ3) is 2.92. The minimum Gasteiger partial charge on any atom is -0.447 e. The molecule has 1 aromatic rings. The summed E-state index contributed by atoms with van der Waals surface area (Å²) >= 11 is 0. The van der Waals surface area contributed by atoms with Crippen molar-refractivity contribution in [1.29, 1.82) is 0 Å². The van der Waals surface area contributed by atoms with Crippen LogP contribution in [0.15, 0.2) is 12.4 Å². The van der Waals surface area contributed by atoms with Crippen molar-refractivity contribution in [3.8, 4) is 0 Å². The molecule has 0 radical (unpaired) electrons. The van der Waals surface area contributed by atoms with Crippen LogP contribution in [0, 0.1) is 5.92 Å².